The fourth-order valence-electron chi connectivity index (χ4n) is 2.71. The molecule has 6 nitrogen and oxygen atoms in total. The third kappa shape index (κ3) is 5.87. The molecule has 0 spiro atoms. The summed E-state index contributed by atoms with van der Waals surface area (Å²) in [7, 11) is -4.17. The Balaban J connectivity index is 1.84. The minimum absolute atomic E-state index is 0.113. The number of halogens is 4. The molecule has 0 saturated carbocycles. The van der Waals surface area contributed by atoms with Gasteiger partial charge in [0.2, 0.25) is 15.9 Å². The van der Waals surface area contributed by atoms with Crippen LogP contribution in [0.25, 0.3) is 0 Å². The monoisotopic (exact) mass is 472 g/mol. The van der Waals surface area contributed by atoms with Crippen molar-refractivity contribution in [2.45, 2.75) is 17.6 Å². The topological polar surface area (TPSA) is 79.6 Å². The summed E-state index contributed by atoms with van der Waals surface area (Å²) in [5, 5.41) is 2.49. The van der Waals surface area contributed by atoms with Crippen molar-refractivity contribution < 1.29 is 30.8 Å². The van der Waals surface area contributed by atoms with Crippen LogP contribution in [0.5, 0.6) is 0 Å². The molecular weight excluding hydrogens is 457 g/mol. The molecular formula is C20H16ClF3N2O4S. The number of carbonyl (C=O) groups excluding carboxylic acids is 1. The lowest BCUT2D eigenvalue weighted by atomic mass is 10.2. The van der Waals surface area contributed by atoms with Gasteiger partial charge in [0.25, 0.3) is 0 Å². The lowest BCUT2D eigenvalue weighted by Gasteiger charge is -2.21. The molecule has 0 radical (unpaired) electrons. The van der Waals surface area contributed by atoms with Gasteiger partial charge in [-0.1, -0.05) is 23.7 Å². The maximum atomic E-state index is 13.1. The summed E-state index contributed by atoms with van der Waals surface area (Å²) in [6.07, 6.45) is -3.23. The van der Waals surface area contributed by atoms with Crippen LogP contribution in [0.2, 0.25) is 5.02 Å². The van der Waals surface area contributed by atoms with Crippen molar-refractivity contribution in [1.29, 1.82) is 0 Å². The van der Waals surface area contributed by atoms with Crippen LogP contribution in [-0.2, 0) is 27.5 Å². The van der Waals surface area contributed by atoms with Crippen molar-refractivity contribution in [3.63, 3.8) is 0 Å². The van der Waals surface area contributed by atoms with Crippen molar-refractivity contribution >= 4 is 33.2 Å². The molecule has 0 saturated heterocycles. The second-order valence-electron chi connectivity index (χ2n) is 6.44. The molecule has 0 aliphatic heterocycles. The van der Waals surface area contributed by atoms with E-state index in [1.54, 1.807) is 6.07 Å². The minimum atomic E-state index is -4.58. The summed E-state index contributed by atoms with van der Waals surface area (Å²) >= 11 is 5.89. The number of alkyl halides is 3. The Morgan fingerprint density at radius 2 is 1.81 bits per heavy atom. The van der Waals surface area contributed by atoms with Gasteiger partial charge >= 0.3 is 6.18 Å². The number of benzene rings is 2. The second kappa shape index (κ2) is 9.13. The molecule has 31 heavy (non-hydrogen) atoms. The summed E-state index contributed by atoms with van der Waals surface area (Å²) in [6.45, 7) is -0.927. The number of nitrogens with zero attached hydrogens (tertiary/aromatic N) is 1. The first-order chi connectivity index (χ1) is 14.6. The SMILES string of the molecule is O=C(CN(Cc1ccco1)S(=O)(=O)c1cccc(Cl)c1)Nc1cccc(C(F)(F)F)c1. The molecule has 0 fully saturated rings. The van der Waals surface area contributed by atoms with E-state index in [1.807, 2.05) is 0 Å². The molecule has 1 N–H and O–H groups in total. The van der Waals surface area contributed by atoms with Crippen LogP contribution in [-0.4, -0.2) is 25.2 Å². The van der Waals surface area contributed by atoms with Gasteiger partial charge in [0, 0.05) is 10.7 Å². The predicted molar refractivity (Wildman–Crippen MR) is 108 cm³/mol. The zero-order valence-electron chi connectivity index (χ0n) is 15.8. The lowest BCUT2D eigenvalue weighted by Crippen LogP contribution is -2.37. The molecule has 164 valence electrons. The molecule has 3 rings (SSSR count). The number of hydrogen-bond donors (Lipinski definition) is 1. The van der Waals surface area contributed by atoms with E-state index in [-0.39, 0.29) is 27.9 Å². The highest BCUT2D eigenvalue weighted by Gasteiger charge is 2.31. The summed E-state index contributed by atoms with van der Waals surface area (Å²) in [6, 6.07) is 12.6. The van der Waals surface area contributed by atoms with Crippen molar-refractivity contribution in [1.82, 2.24) is 4.31 Å². The van der Waals surface area contributed by atoms with Crippen LogP contribution in [0, 0.1) is 0 Å². The van der Waals surface area contributed by atoms with Crippen LogP contribution in [0.1, 0.15) is 11.3 Å². The Morgan fingerprint density at radius 1 is 1.06 bits per heavy atom. The molecule has 0 atom stereocenters. The fourth-order valence-corrected chi connectivity index (χ4v) is 4.38. The molecule has 11 heteroatoms. The highest BCUT2D eigenvalue weighted by molar-refractivity contribution is 7.89. The Morgan fingerprint density at radius 3 is 2.45 bits per heavy atom. The third-order valence-corrected chi connectivity index (χ3v) is 6.16. The largest absolute Gasteiger partial charge is 0.468 e. The summed E-state index contributed by atoms with van der Waals surface area (Å²) < 4.78 is 70.8. The third-order valence-electron chi connectivity index (χ3n) is 4.14. The van der Waals surface area contributed by atoms with Gasteiger partial charge in [0.05, 0.1) is 29.8 Å². The summed E-state index contributed by atoms with van der Waals surface area (Å²) in [5.74, 6) is -0.547. The standard InChI is InChI=1S/C20H16ClF3N2O4S/c21-15-5-2-8-18(11-15)31(28,29)26(12-17-7-3-9-30-17)13-19(27)25-16-6-1-4-14(10-16)20(22,23)24/h1-11H,12-13H2,(H,25,27). The molecule has 3 aromatic rings. The maximum Gasteiger partial charge on any atom is 0.416 e. The molecule has 0 bridgehead atoms. The number of sulfonamides is 1. The fraction of sp³-hybridized carbons (Fsp3) is 0.150. The predicted octanol–water partition coefficient (Wildman–Crippen LogP) is 4.78. The number of hydrogen-bond acceptors (Lipinski definition) is 4. The number of anilines is 1. The molecule has 0 aliphatic carbocycles. The van der Waals surface area contributed by atoms with Crippen LogP contribution >= 0.6 is 11.6 Å². The van der Waals surface area contributed by atoms with Crippen molar-refractivity contribution in [3.8, 4) is 0 Å². The highest BCUT2D eigenvalue weighted by atomic mass is 35.5. The smallest absolute Gasteiger partial charge is 0.416 e. The molecule has 0 aliphatic rings. The van der Waals surface area contributed by atoms with Crippen molar-refractivity contribution in [2.75, 3.05) is 11.9 Å². The molecule has 1 amide bonds. The summed E-state index contributed by atoms with van der Waals surface area (Å²) in [4.78, 5) is 12.4. The molecule has 1 aromatic heterocycles. The van der Waals surface area contributed by atoms with Gasteiger partial charge < -0.3 is 9.73 Å². The maximum absolute atomic E-state index is 13.1. The Kier molecular flexibility index (Phi) is 6.73. The molecule has 1 heterocycles. The average Bonchev–Trinajstić information content (AvgIpc) is 3.20. The van der Waals surface area contributed by atoms with Crippen LogP contribution in [0.3, 0.4) is 0 Å². The number of nitrogens with one attached hydrogen (secondary N) is 1. The minimum Gasteiger partial charge on any atom is -0.468 e. The number of rotatable bonds is 7. The first kappa shape index (κ1) is 22.9. The van der Waals surface area contributed by atoms with E-state index < -0.39 is 34.2 Å². The number of amides is 1. The van der Waals surface area contributed by atoms with Gasteiger partial charge in [-0.3, -0.25) is 4.79 Å². The lowest BCUT2D eigenvalue weighted by molar-refractivity contribution is -0.137. The van der Waals surface area contributed by atoms with E-state index in [2.05, 4.69) is 5.32 Å². The van der Waals surface area contributed by atoms with Crippen molar-refractivity contribution in [3.05, 3.63) is 83.3 Å². The Labute approximate surface area is 181 Å². The normalized spacial score (nSPS) is 12.2. The zero-order valence-corrected chi connectivity index (χ0v) is 17.3. The quantitative estimate of drug-likeness (QED) is 0.536. The van der Waals surface area contributed by atoms with Crippen LogP contribution < -0.4 is 5.32 Å². The number of furan rings is 1. The summed E-state index contributed by atoms with van der Waals surface area (Å²) in [5.41, 5.74) is -1.05. The Hall–Kier alpha value is -2.82. The van der Waals surface area contributed by atoms with E-state index in [9.17, 15) is 26.4 Å². The van der Waals surface area contributed by atoms with Gasteiger partial charge in [-0.2, -0.15) is 17.5 Å². The van der Waals surface area contributed by atoms with E-state index in [0.29, 0.717) is 0 Å². The second-order valence-corrected chi connectivity index (χ2v) is 8.81. The molecule has 2 aromatic carbocycles. The van der Waals surface area contributed by atoms with E-state index >= 15 is 0 Å². The van der Waals surface area contributed by atoms with Gasteiger partial charge in [-0.25, -0.2) is 8.42 Å². The van der Waals surface area contributed by atoms with Crippen molar-refractivity contribution in [2.24, 2.45) is 0 Å². The molecule has 0 unspecified atom stereocenters. The van der Waals surface area contributed by atoms with Gasteiger partial charge in [0.1, 0.15) is 5.76 Å². The van der Waals surface area contributed by atoms with E-state index in [1.165, 1.54) is 42.7 Å². The van der Waals surface area contributed by atoms with Crippen LogP contribution in [0.4, 0.5) is 18.9 Å². The van der Waals surface area contributed by atoms with E-state index in [0.717, 1.165) is 22.5 Å². The average molecular weight is 473 g/mol. The van der Waals surface area contributed by atoms with Crippen LogP contribution in [0.15, 0.2) is 76.2 Å². The highest BCUT2D eigenvalue weighted by Crippen LogP contribution is 2.30. The van der Waals surface area contributed by atoms with Gasteiger partial charge in [0.15, 0.2) is 0 Å². The van der Waals surface area contributed by atoms with E-state index in [4.69, 9.17) is 16.0 Å². The zero-order chi connectivity index (χ0) is 22.6. The van der Waals surface area contributed by atoms with Gasteiger partial charge in [-0.15, -0.1) is 0 Å². The first-order valence-electron chi connectivity index (χ1n) is 8.81. The Bertz CT molecular complexity index is 1170. The number of carbonyl (C=O) groups is 1. The van der Waals surface area contributed by atoms with Gasteiger partial charge in [-0.05, 0) is 48.5 Å². The first-order valence-corrected chi connectivity index (χ1v) is 10.6.